The van der Waals surface area contributed by atoms with Crippen LogP contribution in [-0.2, 0) is 6.54 Å². The van der Waals surface area contributed by atoms with E-state index in [0.717, 1.165) is 18.0 Å². The summed E-state index contributed by atoms with van der Waals surface area (Å²) in [6.07, 6.45) is 1.97. The van der Waals surface area contributed by atoms with Crippen LogP contribution in [0.25, 0.3) is 5.69 Å². The number of nitrogens with zero attached hydrogens (tertiary/aromatic N) is 3. The number of hydrazone groups is 1. The van der Waals surface area contributed by atoms with Crippen LogP contribution in [0.2, 0.25) is 0 Å². The van der Waals surface area contributed by atoms with Crippen molar-refractivity contribution in [2.75, 3.05) is 12.1 Å². The van der Waals surface area contributed by atoms with Gasteiger partial charge in [0.2, 0.25) is 0 Å². The third kappa shape index (κ3) is 2.50. The Kier molecular flexibility index (Phi) is 3.80. The molecule has 0 saturated carbocycles. The number of hydrogen-bond donors (Lipinski definition) is 0. The Morgan fingerprint density at radius 1 is 0.920 bits per heavy atom. The highest BCUT2D eigenvalue weighted by Gasteiger charge is 2.24. The molecule has 0 amide bonds. The lowest BCUT2D eigenvalue weighted by Crippen LogP contribution is -2.21. The normalized spacial score (nSPS) is 13.0. The van der Waals surface area contributed by atoms with Crippen LogP contribution >= 0.6 is 0 Å². The zero-order chi connectivity index (χ0) is 17.4. The van der Waals surface area contributed by atoms with E-state index in [4.69, 9.17) is 4.74 Å². The fourth-order valence-electron chi connectivity index (χ4n) is 3.56. The van der Waals surface area contributed by atoms with Gasteiger partial charge >= 0.3 is 0 Å². The number of fused-ring (bicyclic) bond motifs is 1. The van der Waals surface area contributed by atoms with Gasteiger partial charge in [0.25, 0.3) is 0 Å². The number of ether oxygens (including phenoxy) is 1. The maximum atomic E-state index is 5.49. The average Bonchev–Trinajstić information content (AvgIpc) is 2.92. The van der Waals surface area contributed by atoms with Crippen LogP contribution < -0.4 is 9.75 Å². The molecule has 0 saturated heterocycles. The minimum Gasteiger partial charge on any atom is -0.495 e. The predicted octanol–water partition coefficient (Wildman–Crippen LogP) is 4.46. The second-order valence-corrected chi connectivity index (χ2v) is 6.21. The molecule has 1 aliphatic heterocycles. The van der Waals surface area contributed by atoms with Gasteiger partial charge in [-0.2, -0.15) is 5.10 Å². The van der Waals surface area contributed by atoms with Crippen LogP contribution in [0.1, 0.15) is 22.5 Å². The molecule has 0 radical (unpaired) electrons. The standard InChI is InChI=1S/C21H21N3O/c1-15-18-13-22-23(20-11-7-8-12-21(20)25-3)14-19(18)16(2)24(15)17-9-5-4-6-10-17/h4-13H,14H2,1-3H3. The maximum Gasteiger partial charge on any atom is 0.144 e. The zero-order valence-corrected chi connectivity index (χ0v) is 14.7. The molecule has 0 N–H and O–H groups in total. The van der Waals surface area contributed by atoms with E-state index < -0.39 is 0 Å². The highest BCUT2D eigenvalue weighted by atomic mass is 16.5. The van der Waals surface area contributed by atoms with E-state index in [1.54, 1.807) is 7.11 Å². The first-order valence-electron chi connectivity index (χ1n) is 8.41. The van der Waals surface area contributed by atoms with Crippen molar-refractivity contribution in [1.82, 2.24) is 4.57 Å². The van der Waals surface area contributed by atoms with Gasteiger partial charge in [-0.1, -0.05) is 30.3 Å². The van der Waals surface area contributed by atoms with Gasteiger partial charge in [-0.15, -0.1) is 0 Å². The second kappa shape index (κ2) is 6.13. The molecule has 0 unspecified atom stereocenters. The Labute approximate surface area is 148 Å². The number of anilines is 1. The Hall–Kier alpha value is -3.01. The topological polar surface area (TPSA) is 29.8 Å². The third-order valence-corrected chi connectivity index (χ3v) is 4.83. The number of methoxy groups -OCH3 is 1. The van der Waals surface area contributed by atoms with E-state index >= 15 is 0 Å². The molecule has 0 atom stereocenters. The molecule has 3 aromatic rings. The lowest BCUT2D eigenvalue weighted by molar-refractivity contribution is 0.414. The number of hydrogen-bond acceptors (Lipinski definition) is 3. The van der Waals surface area contributed by atoms with Gasteiger partial charge in [0.05, 0.1) is 19.9 Å². The number of aromatic nitrogens is 1. The largest absolute Gasteiger partial charge is 0.495 e. The summed E-state index contributed by atoms with van der Waals surface area (Å²) in [7, 11) is 1.69. The van der Waals surface area contributed by atoms with Crippen LogP contribution in [0, 0.1) is 13.8 Å². The van der Waals surface area contributed by atoms with Crippen molar-refractivity contribution < 1.29 is 4.74 Å². The van der Waals surface area contributed by atoms with Gasteiger partial charge in [0.1, 0.15) is 11.4 Å². The molecule has 4 heteroatoms. The SMILES string of the molecule is COc1ccccc1N1Cc2c(c(C)n(-c3ccccc3)c2C)C=N1. The van der Waals surface area contributed by atoms with E-state index in [-0.39, 0.29) is 0 Å². The summed E-state index contributed by atoms with van der Waals surface area (Å²) >= 11 is 0. The molecule has 1 aliphatic rings. The van der Waals surface area contributed by atoms with E-state index in [1.165, 1.54) is 28.2 Å². The highest BCUT2D eigenvalue weighted by Crippen LogP contribution is 2.34. The van der Waals surface area contributed by atoms with Crippen LogP contribution in [0.3, 0.4) is 0 Å². The van der Waals surface area contributed by atoms with E-state index in [9.17, 15) is 0 Å². The lowest BCUT2D eigenvalue weighted by Gasteiger charge is -2.24. The first kappa shape index (κ1) is 15.5. The molecule has 1 aromatic heterocycles. The Morgan fingerprint density at radius 2 is 1.64 bits per heavy atom. The summed E-state index contributed by atoms with van der Waals surface area (Å²) in [5, 5.41) is 6.68. The predicted molar refractivity (Wildman–Crippen MR) is 102 cm³/mol. The summed E-state index contributed by atoms with van der Waals surface area (Å²) in [5.74, 6) is 0.833. The molecule has 2 aromatic carbocycles. The molecule has 25 heavy (non-hydrogen) atoms. The van der Waals surface area contributed by atoms with Crippen molar-refractivity contribution in [3.63, 3.8) is 0 Å². The van der Waals surface area contributed by atoms with Crippen molar-refractivity contribution in [2.24, 2.45) is 5.10 Å². The monoisotopic (exact) mass is 331 g/mol. The van der Waals surface area contributed by atoms with Gasteiger partial charge in [-0.05, 0) is 38.1 Å². The Bertz CT molecular complexity index is 941. The molecule has 0 fully saturated rings. The van der Waals surface area contributed by atoms with Crippen molar-refractivity contribution in [3.05, 3.63) is 77.1 Å². The Morgan fingerprint density at radius 3 is 2.40 bits per heavy atom. The Balaban J connectivity index is 1.78. The van der Waals surface area contributed by atoms with Crippen LogP contribution in [0.5, 0.6) is 5.75 Å². The van der Waals surface area contributed by atoms with Gasteiger partial charge in [0.15, 0.2) is 0 Å². The molecule has 4 rings (SSSR count). The molecule has 4 nitrogen and oxygen atoms in total. The summed E-state index contributed by atoms with van der Waals surface area (Å²) in [4.78, 5) is 0. The smallest absolute Gasteiger partial charge is 0.144 e. The maximum absolute atomic E-state index is 5.49. The van der Waals surface area contributed by atoms with Crippen LogP contribution in [-0.4, -0.2) is 17.9 Å². The third-order valence-electron chi connectivity index (χ3n) is 4.83. The molecule has 126 valence electrons. The zero-order valence-electron chi connectivity index (χ0n) is 14.7. The van der Waals surface area contributed by atoms with Gasteiger partial charge in [-0.25, -0.2) is 0 Å². The second-order valence-electron chi connectivity index (χ2n) is 6.21. The lowest BCUT2D eigenvalue weighted by atomic mass is 10.1. The fourth-order valence-corrected chi connectivity index (χ4v) is 3.56. The first-order chi connectivity index (χ1) is 12.2. The molecular weight excluding hydrogens is 310 g/mol. The number of rotatable bonds is 3. The van der Waals surface area contributed by atoms with Gasteiger partial charge in [0, 0.05) is 28.2 Å². The minimum absolute atomic E-state index is 0.735. The van der Waals surface area contributed by atoms with Gasteiger partial charge in [-0.3, -0.25) is 5.01 Å². The number of benzene rings is 2. The summed E-state index contributed by atoms with van der Waals surface area (Å²) in [5.41, 5.74) is 7.17. The van der Waals surface area contributed by atoms with Crippen LogP contribution in [0.15, 0.2) is 59.7 Å². The molecular formula is C21H21N3O. The van der Waals surface area contributed by atoms with Crippen molar-refractivity contribution in [2.45, 2.75) is 20.4 Å². The molecule has 0 aliphatic carbocycles. The van der Waals surface area contributed by atoms with Crippen molar-refractivity contribution in [3.8, 4) is 11.4 Å². The quantitative estimate of drug-likeness (QED) is 0.709. The summed E-state index contributed by atoms with van der Waals surface area (Å²) in [6.45, 7) is 5.07. The van der Waals surface area contributed by atoms with E-state index in [0.29, 0.717) is 0 Å². The van der Waals surface area contributed by atoms with Crippen molar-refractivity contribution >= 4 is 11.9 Å². The average molecular weight is 331 g/mol. The van der Waals surface area contributed by atoms with Crippen LogP contribution in [0.4, 0.5) is 5.69 Å². The van der Waals surface area contributed by atoms with E-state index in [2.05, 4.69) is 47.8 Å². The van der Waals surface area contributed by atoms with E-state index in [1.807, 2.05) is 41.6 Å². The highest BCUT2D eigenvalue weighted by molar-refractivity contribution is 5.87. The summed E-state index contributed by atoms with van der Waals surface area (Å²) in [6, 6.07) is 18.5. The minimum atomic E-state index is 0.735. The first-order valence-corrected chi connectivity index (χ1v) is 8.41. The fraction of sp³-hybridized carbons (Fsp3) is 0.190. The van der Waals surface area contributed by atoms with Gasteiger partial charge < -0.3 is 9.30 Å². The molecule has 2 heterocycles. The number of para-hydroxylation sites is 3. The molecule has 0 spiro atoms. The summed E-state index contributed by atoms with van der Waals surface area (Å²) < 4.78 is 7.80. The molecule has 0 bridgehead atoms. The van der Waals surface area contributed by atoms with Crippen molar-refractivity contribution in [1.29, 1.82) is 0 Å².